The van der Waals surface area contributed by atoms with Crippen molar-refractivity contribution in [3.8, 4) is 0 Å². The number of aliphatic hydroxyl groups is 1. The Labute approximate surface area is 94.3 Å². The molecule has 0 fully saturated rings. The first kappa shape index (κ1) is 10.9. The van der Waals surface area contributed by atoms with Crippen molar-refractivity contribution < 1.29 is 5.11 Å². The number of aryl methyl sites for hydroxylation is 2. The summed E-state index contributed by atoms with van der Waals surface area (Å²) >= 11 is 0. The van der Waals surface area contributed by atoms with Gasteiger partial charge in [0.1, 0.15) is 6.10 Å². The molecule has 0 aliphatic carbocycles. The van der Waals surface area contributed by atoms with Crippen molar-refractivity contribution in [1.82, 2.24) is 19.6 Å². The molecule has 0 saturated heterocycles. The molecule has 1 unspecified atom stereocenters. The number of aliphatic hydroxyl groups excluding tert-OH is 1. The van der Waals surface area contributed by atoms with Gasteiger partial charge in [-0.15, -0.1) is 0 Å². The molecule has 0 aliphatic heterocycles. The normalized spacial score (nSPS) is 12.9. The Kier molecular flexibility index (Phi) is 3.05. The van der Waals surface area contributed by atoms with E-state index in [0.717, 1.165) is 12.1 Å². The Morgan fingerprint density at radius 2 is 2.31 bits per heavy atom. The third-order valence-electron chi connectivity index (χ3n) is 2.52. The van der Waals surface area contributed by atoms with E-state index in [1.165, 1.54) is 0 Å². The fraction of sp³-hybridized carbons (Fsp3) is 0.455. The first-order chi connectivity index (χ1) is 7.69. The van der Waals surface area contributed by atoms with Crippen molar-refractivity contribution >= 4 is 0 Å². The molecule has 2 heterocycles. The molecule has 0 bridgehead atoms. The third kappa shape index (κ3) is 2.30. The number of aromatic nitrogens is 4. The number of hydrogen-bond acceptors (Lipinski definition) is 3. The number of hydrogen-bond donors (Lipinski definition) is 1. The van der Waals surface area contributed by atoms with Gasteiger partial charge in [0.2, 0.25) is 0 Å². The second kappa shape index (κ2) is 4.49. The molecule has 0 aromatic carbocycles. The van der Waals surface area contributed by atoms with Crippen molar-refractivity contribution in [2.45, 2.75) is 26.0 Å². The Balaban J connectivity index is 2.04. The molecule has 2 rings (SSSR count). The highest BCUT2D eigenvalue weighted by Crippen LogP contribution is 2.15. The van der Waals surface area contributed by atoms with Gasteiger partial charge in [-0.05, 0) is 18.6 Å². The van der Waals surface area contributed by atoms with Crippen LogP contribution in [-0.4, -0.2) is 24.7 Å². The molecule has 5 nitrogen and oxygen atoms in total. The van der Waals surface area contributed by atoms with Gasteiger partial charge in [0.15, 0.2) is 0 Å². The quantitative estimate of drug-likeness (QED) is 0.833. The van der Waals surface area contributed by atoms with E-state index < -0.39 is 6.10 Å². The van der Waals surface area contributed by atoms with Crippen LogP contribution in [0.4, 0.5) is 0 Å². The Morgan fingerprint density at radius 3 is 2.88 bits per heavy atom. The third-order valence-corrected chi connectivity index (χ3v) is 2.52. The fourth-order valence-electron chi connectivity index (χ4n) is 1.62. The van der Waals surface area contributed by atoms with Gasteiger partial charge < -0.3 is 5.11 Å². The van der Waals surface area contributed by atoms with E-state index in [0.29, 0.717) is 12.1 Å². The molecular weight excluding hydrogens is 204 g/mol. The molecule has 2 aromatic rings. The van der Waals surface area contributed by atoms with E-state index in [-0.39, 0.29) is 0 Å². The number of rotatable bonds is 4. The van der Waals surface area contributed by atoms with Gasteiger partial charge in [-0.3, -0.25) is 9.36 Å². The van der Waals surface area contributed by atoms with Crippen LogP contribution in [0.2, 0.25) is 0 Å². The van der Waals surface area contributed by atoms with Crippen LogP contribution in [0.3, 0.4) is 0 Å². The summed E-state index contributed by atoms with van der Waals surface area (Å²) in [5, 5.41) is 18.3. The maximum absolute atomic E-state index is 9.96. The van der Waals surface area contributed by atoms with Crippen LogP contribution < -0.4 is 0 Å². The van der Waals surface area contributed by atoms with E-state index >= 15 is 0 Å². The van der Waals surface area contributed by atoms with Gasteiger partial charge in [-0.2, -0.15) is 10.2 Å². The monoisotopic (exact) mass is 220 g/mol. The molecule has 0 aliphatic rings. The molecule has 5 heteroatoms. The van der Waals surface area contributed by atoms with Gasteiger partial charge in [-0.1, -0.05) is 0 Å². The summed E-state index contributed by atoms with van der Waals surface area (Å²) in [6.45, 7) is 2.88. The van der Waals surface area contributed by atoms with Crippen LogP contribution in [-0.2, 0) is 20.0 Å². The molecule has 2 aromatic heterocycles. The minimum atomic E-state index is -0.560. The minimum Gasteiger partial charge on any atom is -0.386 e. The average molecular weight is 220 g/mol. The van der Waals surface area contributed by atoms with Crippen molar-refractivity contribution in [2.24, 2.45) is 7.05 Å². The van der Waals surface area contributed by atoms with E-state index in [2.05, 4.69) is 10.2 Å². The van der Waals surface area contributed by atoms with Crippen molar-refractivity contribution in [1.29, 1.82) is 0 Å². The molecule has 0 spiro atoms. The molecular formula is C11H16N4O. The summed E-state index contributed by atoms with van der Waals surface area (Å²) in [5.41, 5.74) is 1.73. The van der Waals surface area contributed by atoms with Crippen LogP contribution in [0.1, 0.15) is 24.3 Å². The molecule has 1 atom stereocenters. The summed E-state index contributed by atoms with van der Waals surface area (Å²) in [4.78, 5) is 0. The SMILES string of the molecule is CCn1cc(CC(O)c2ccn(C)n2)cn1. The van der Waals surface area contributed by atoms with Gasteiger partial charge >= 0.3 is 0 Å². The van der Waals surface area contributed by atoms with Crippen molar-refractivity contribution in [3.05, 3.63) is 35.9 Å². The summed E-state index contributed by atoms with van der Waals surface area (Å²) in [5.74, 6) is 0. The molecule has 86 valence electrons. The highest BCUT2D eigenvalue weighted by Gasteiger charge is 2.12. The lowest BCUT2D eigenvalue weighted by molar-refractivity contribution is 0.172. The maximum atomic E-state index is 9.96. The highest BCUT2D eigenvalue weighted by atomic mass is 16.3. The van der Waals surface area contributed by atoms with Gasteiger partial charge in [-0.25, -0.2) is 0 Å². The topological polar surface area (TPSA) is 55.9 Å². The Hall–Kier alpha value is -1.62. The zero-order valence-corrected chi connectivity index (χ0v) is 9.54. The van der Waals surface area contributed by atoms with Crippen molar-refractivity contribution in [3.63, 3.8) is 0 Å². The van der Waals surface area contributed by atoms with Gasteiger partial charge in [0, 0.05) is 32.4 Å². The fourth-order valence-corrected chi connectivity index (χ4v) is 1.62. The molecule has 1 N–H and O–H groups in total. The second-order valence-electron chi connectivity index (χ2n) is 3.84. The van der Waals surface area contributed by atoms with E-state index in [9.17, 15) is 5.11 Å². The van der Waals surface area contributed by atoms with E-state index in [1.807, 2.05) is 37.1 Å². The largest absolute Gasteiger partial charge is 0.386 e. The summed E-state index contributed by atoms with van der Waals surface area (Å²) in [7, 11) is 1.84. The standard InChI is InChI=1S/C11H16N4O/c1-3-15-8-9(7-12-15)6-11(16)10-4-5-14(2)13-10/h4-5,7-8,11,16H,3,6H2,1-2H3. The van der Waals surface area contributed by atoms with E-state index in [1.54, 1.807) is 10.9 Å². The van der Waals surface area contributed by atoms with Crippen LogP contribution >= 0.6 is 0 Å². The zero-order chi connectivity index (χ0) is 11.5. The molecule has 16 heavy (non-hydrogen) atoms. The van der Waals surface area contributed by atoms with Crippen LogP contribution in [0.25, 0.3) is 0 Å². The average Bonchev–Trinajstić information content (AvgIpc) is 2.87. The predicted molar refractivity (Wildman–Crippen MR) is 59.8 cm³/mol. The molecule has 0 amide bonds. The lowest BCUT2D eigenvalue weighted by atomic mass is 10.1. The smallest absolute Gasteiger partial charge is 0.102 e. The lowest BCUT2D eigenvalue weighted by Gasteiger charge is -2.05. The summed E-state index contributed by atoms with van der Waals surface area (Å²) in [6, 6.07) is 1.83. The summed E-state index contributed by atoms with van der Waals surface area (Å²) in [6.07, 6.45) is 5.56. The summed E-state index contributed by atoms with van der Waals surface area (Å²) < 4.78 is 3.54. The predicted octanol–water partition coefficient (Wildman–Crippen LogP) is 0.913. The Morgan fingerprint density at radius 1 is 1.50 bits per heavy atom. The first-order valence-electron chi connectivity index (χ1n) is 5.38. The van der Waals surface area contributed by atoms with Crippen LogP contribution in [0.5, 0.6) is 0 Å². The number of nitrogens with zero attached hydrogens (tertiary/aromatic N) is 4. The minimum absolute atomic E-state index is 0.553. The van der Waals surface area contributed by atoms with Crippen molar-refractivity contribution in [2.75, 3.05) is 0 Å². The van der Waals surface area contributed by atoms with Crippen LogP contribution in [0.15, 0.2) is 24.7 Å². The maximum Gasteiger partial charge on any atom is 0.102 e. The lowest BCUT2D eigenvalue weighted by Crippen LogP contribution is -2.03. The van der Waals surface area contributed by atoms with Gasteiger partial charge in [0.25, 0.3) is 0 Å². The highest BCUT2D eigenvalue weighted by molar-refractivity contribution is 5.11. The molecule has 0 saturated carbocycles. The van der Waals surface area contributed by atoms with E-state index in [4.69, 9.17) is 0 Å². The Bertz CT molecular complexity index is 460. The zero-order valence-electron chi connectivity index (χ0n) is 9.54. The first-order valence-corrected chi connectivity index (χ1v) is 5.38. The molecule has 0 radical (unpaired) electrons. The van der Waals surface area contributed by atoms with Gasteiger partial charge in [0.05, 0.1) is 11.9 Å². The second-order valence-corrected chi connectivity index (χ2v) is 3.84. The van der Waals surface area contributed by atoms with Crippen LogP contribution in [0, 0.1) is 0 Å².